The largest absolute Gasteiger partial charge is 0.270 e. The number of aromatic nitrogens is 1. The van der Waals surface area contributed by atoms with Crippen LogP contribution >= 0.6 is 24.0 Å². The molecule has 1 aromatic heterocycles. The van der Waals surface area contributed by atoms with E-state index in [-0.39, 0.29) is 5.91 Å². The fourth-order valence-electron chi connectivity index (χ4n) is 2.17. The highest BCUT2D eigenvalue weighted by molar-refractivity contribution is 8.27. The van der Waals surface area contributed by atoms with Crippen LogP contribution in [0.4, 0.5) is 5.69 Å². The zero-order valence-corrected chi connectivity index (χ0v) is 13.9. The fraction of sp³-hybridized carbons (Fsp3) is 0.118. The molecule has 110 valence electrons. The van der Waals surface area contributed by atoms with Gasteiger partial charge in [0.1, 0.15) is 0 Å². The summed E-state index contributed by atoms with van der Waals surface area (Å²) >= 11 is 6.71. The molecule has 0 atom stereocenters. The zero-order chi connectivity index (χ0) is 15.7. The van der Waals surface area contributed by atoms with Gasteiger partial charge in [0.15, 0.2) is 4.32 Å². The van der Waals surface area contributed by atoms with E-state index in [9.17, 15) is 4.79 Å². The molecule has 1 fully saturated rings. The first kappa shape index (κ1) is 14.9. The lowest BCUT2D eigenvalue weighted by Gasteiger charge is -2.15. The number of hydrogen-bond donors (Lipinski definition) is 0. The minimum Gasteiger partial charge on any atom is -0.268 e. The minimum atomic E-state index is -0.0740. The fourth-order valence-corrected chi connectivity index (χ4v) is 3.47. The van der Waals surface area contributed by atoms with Gasteiger partial charge in [0, 0.05) is 12.4 Å². The highest BCUT2D eigenvalue weighted by Crippen LogP contribution is 2.36. The van der Waals surface area contributed by atoms with Crippen LogP contribution in [-0.4, -0.2) is 15.2 Å². The summed E-state index contributed by atoms with van der Waals surface area (Å²) in [4.78, 5) is 18.9. The topological polar surface area (TPSA) is 33.2 Å². The van der Waals surface area contributed by atoms with Gasteiger partial charge in [0.25, 0.3) is 5.91 Å². The van der Waals surface area contributed by atoms with Gasteiger partial charge in [-0.25, -0.2) is 0 Å². The van der Waals surface area contributed by atoms with Crippen LogP contribution in [0.5, 0.6) is 0 Å². The van der Waals surface area contributed by atoms with E-state index >= 15 is 0 Å². The molecule has 1 aliphatic rings. The molecule has 0 bridgehead atoms. The number of thioether (sulfide) groups is 1. The number of carbonyl (C=O) groups excluding carboxylic acids is 1. The number of thiocarbonyl (C=S) groups is 1. The van der Waals surface area contributed by atoms with Crippen molar-refractivity contribution < 1.29 is 4.79 Å². The predicted octanol–water partition coefficient (Wildman–Crippen LogP) is 4.10. The van der Waals surface area contributed by atoms with Gasteiger partial charge >= 0.3 is 0 Å². The molecule has 0 unspecified atom stereocenters. The van der Waals surface area contributed by atoms with Crippen molar-refractivity contribution in [3.05, 3.63) is 64.3 Å². The van der Waals surface area contributed by atoms with E-state index in [1.165, 1.54) is 17.3 Å². The maximum atomic E-state index is 12.7. The molecule has 1 amide bonds. The van der Waals surface area contributed by atoms with Crippen molar-refractivity contribution in [2.75, 3.05) is 4.90 Å². The lowest BCUT2D eigenvalue weighted by molar-refractivity contribution is -0.113. The number of rotatable bonds is 2. The van der Waals surface area contributed by atoms with Crippen LogP contribution in [0, 0.1) is 13.8 Å². The van der Waals surface area contributed by atoms with Crippen molar-refractivity contribution in [3.63, 3.8) is 0 Å². The Balaban J connectivity index is 1.95. The first-order valence-corrected chi connectivity index (χ1v) is 8.04. The third kappa shape index (κ3) is 2.82. The van der Waals surface area contributed by atoms with Gasteiger partial charge in [-0.1, -0.05) is 30.0 Å². The van der Waals surface area contributed by atoms with E-state index in [2.05, 4.69) is 4.98 Å². The summed E-state index contributed by atoms with van der Waals surface area (Å²) in [5.74, 6) is -0.0740. The molecule has 3 nitrogen and oxygen atoms in total. The molecule has 5 heteroatoms. The summed E-state index contributed by atoms with van der Waals surface area (Å²) in [6.45, 7) is 4.08. The monoisotopic (exact) mass is 326 g/mol. The molecule has 2 heterocycles. The average Bonchev–Trinajstić information content (AvgIpc) is 2.78. The Hall–Kier alpha value is -1.98. The van der Waals surface area contributed by atoms with Crippen molar-refractivity contribution in [2.24, 2.45) is 0 Å². The lowest BCUT2D eigenvalue weighted by Crippen LogP contribution is -2.27. The summed E-state index contributed by atoms with van der Waals surface area (Å²) in [7, 11) is 0. The van der Waals surface area contributed by atoms with Crippen molar-refractivity contribution in [1.29, 1.82) is 0 Å². The molecule has 0 spiro atoms. The van der Waals surface area contributed by atoms with Gasteiger partial charge in [-0.15, -0.1) is 0 Å². The smallest absolute Gasteiger partial charge is 0.268 e. The Morgan fingerprint density at radius 3 is 2.55 bits per heavy atom. The number of nitrogens with zero attached hydrogens (tertiary/aromatic N) is 2. The molecule has 0 radical (unpaired) electrons. The number of hydrogen-bond acceptors (Lipinski definition) is 4. The van der Waals surface area contributed by atoms with Crippen LogP contribution in [0.25, 0.3) is 6.08 Å². The highest BCUT2D eigenvalue weighted by atomic mass is 32.2. The molecular formula is C17H14N2OS2. The van der Waals surface area contributed by atoms with Crippen LogP contribution in [-0.2, 0) is 4.79 Å². The molecule has 3 rings (SSSR count). The minimum absolute atomic E-state index is 0.0740. The zero-order valence-electron chi connectivity index (χ0n) is 12.2. The molecular weight excluding hydrogens is 312 g/mol. The number of carbonyl (C=O) groups is 1. The van der Waals surface area contributed by atoms with E-state index in [0.29, 0.717) is 9.23 Å². The molecule has 22 heavy (non-hydrogen) atoms. The lowest BCUT2D eigenvalue weighted by atomic mass is 10.1. The van der Waals surface area contributed by atoms with Gasteiger partial charge in [0.2, 0.25) is 0 Å². The molecule has 0 saturated carbocycles. The van der Waals surface area contributed by atoms with Crippen molar-refractivity contribution in [3.8, 4) is 0 Å². The first-order chi connectivity index (χ1) is 10.6. The standard InChI is InChI=1S/C17H14N2OS2/c1-11-3-4-14(9-12(11)2)19-16(20)15(22-17(19)21)10-13-5-7-18-8-6-13/h3-10H,1-2H3. The number of amides is 1. The maximum Gasteiger partial charge on any atom is 0.270 e. The van der Waals surface area contributed by atoms with Gasteiger partial charge in [-0.2, -0.15) is 0 Å². The van der Waals surface area contributed by atoms with Crippen LogP contribution in [0.3, 0.4) is 0 Å². The third-order valence-corrected chi connectivity index (χ3v) is 4.85. The molecule has 2 aromatic rings. The summed E-state index contributed by atoms with van der Waals surface area (Å²) in [6.07, 6.45) is 5.26. The van der Waals surface area contributed by atoms with Crippen LogP contribution < -0.4 is 4.90 Å². The second-order valence-corrected chi connectivity index (χ2v) is 6.74. The second-order valence-electron chi connectivity index (χ2n) is 5.07. The Morgan fingerprint density at radius 2 is 1.86 bits per heavy atom. The van der Waals surface area contributed by atoms with Crippen molar-refractivity contribution in [2.45, 2.75) is 13.8 Å². The van der Waals surface area contributed by atoms with Gasteiger partial charge in [-0.05, 0) is 60.9 Å². The summed E-state index contributed by atoms with van der Waals surface area (Å²) in [5.41, 5.74) is 4.10. The summed E-state index contributed by atoms with van der Waals surface area (Å²) in [5, 5.41) is 0. The van der Waals surface area contributed by atoms with E-state index < -0.39 is 0 Å². The Kier molecular flexibility index (Phi) is 4.09. The van der Waals surface area contributed by atoms with E-state index in [0.717, 1.165) is 16.8 Å². The van der Waals surface area contributed by atoms with E-state index in [1.54, 1.807) is 17.3 Å². The Labute approximate surface area is 139 Å². The van der Waals surface area contributed by atoms with E-state index in [4.69, 9.17) is 12.2 Å². The van der Waals surface area contributed by atoms with E-state index in [1.807, 2.05) is 50.3 Å². The highest BCUT2D eigenvalue weighted by Gasteiger charge is 2.33. The van der Waals surface area contributed by atoms with Crippen molar-refractivity contribution in [1.82, 2.24) is 4.98 Å². The normalized spacial score (nSPS) is 16.6. The van der Waals surface area contributed by atoms with Crippen LogP contribution in [0.1, 0.15) is 16.7 Å². The third-order valence-electron chi connectivity index (χ3n) is 3.55. The first-order valence-electron chi connectivity index (χ1n) is 6.81. The Morgan fingerprint density at radius 1 is 1.14 bits per heavy atom. The number of aryl methyl sites for hydroxylation is 2. The molecule has 0 N–H and O–H groups in total. The Bertz CT molecular complexity index is 785. The second kappa shape index (κ2) is 6.02. The van der Waals surface area contributed by atoms with Crippen LogP contribution in [0.15, 0.2) is 47.6 Å². The predicted molar refractivity (Wildman–Crippen MR) is 95.8 cm³/mol. The quantitative estimate of drug-likeness (QED) is 0.614. The summed E-state index contributed by atoms with van der Waals surface area (Å²) < 4.78 is 0.563. The van der Waals surface area contributed by atoms with Crippen LogP contribution in [0.2, 0.25) is 0 Å². The molecule has 0 aliphatic carbocycles. The number of benzene rings is 1. The molecule has 1 aromatic carbocycles. The average molecular weight is 326 g/mol. The van der Waals surface area contributed by atoms with Crippen molar-refractivity contribution >= 4 is 46.0 Å². The maximum absolute atomic E-state index is 12.7. The van der Waals surface area contributed by atoms with Gasteiger partial charge in [0.05, 0.1) is 10.6 Å². The number of anilines is 1. The molecule has 1 saturated heterocycles. The van der Waals surface area contributed by atoms with Gasteiger partial charge in [-0.3, -0.25) is 14.7 Å². The summed E-state index contributed by atoms with van der Waals surface area (Å²) in [6, 6.07) is 9.67. The molecule has 1 aliphatic heterocycles. The SMILES string of the molecule is Cc1ccc(N2C(=O)C(=Cc3ccncc3)SC2=S)cc1C. The van der Waals surface area contributed by atoms with Gasteiger partial charge < -0.3 is 0 Å². The number of pyridine rings is 1.